The molecule has 0 saturated heterocycles. The number of esters is 1. The number of aromatic nitrogens is 1. The molecule has 2 aromatic carbocycles. The van der Waals surface area contributed by atoms with E-state index in [1.807, 2.05) is 30.3 Å². The predicted octanol–water partition coefficient (Wildman–Crippen LogP) is 4.73. The fourth-order valence-corrected chi connectivity index (χ4v) is 4.62. The Bertz CT molecular complexity index is 1230. The van der Waals surface area contributed by atoms with Gasteiger partial charge in [0.25, 0.3) is 0 Å². The average molecular weight is 426 g/mol. The molecule has 1 aliphatic carbocycles. The van der Waals surface area contributed by atoms with Crippen LogP contribution in [0.5, 0.6) is 11.5 Å². The first-order valence-electron chi connectivity index (χ1n) is 10.7. The summed E-state index contributed by atoms with van der Waals surface area (Å²) in [7, 11) is 1.40. The van der Waals surface area contributed by atoms with Crippen LogP contribution in [0.1, 0.15) is 47.1 Å². The lowest BCUT2D eigenvalue weighted by atomic mass is 9.97. The number of nitrogens with zero attached hydrogens (tertiary/aromatic N) is 2. The Kier molecular flexibility index (Phi) is 5.24. The van der Waals surface area contributed by atoms with Crippen molar-refractivity contribution in [2.75, 3.05) is 13.7 Å². The molecule has 3 aromatic rings. The van der Waals surface area contributed by atoms with Crippen LogP contribution in [0.15, 0.2) is 54.7 Å². The molecule has 2 aliphatic rings. The quantitative estimate of drug-likeness (QED) is 0.549. The van der Waals surface area contributed by atoms with Crippen LogP contribution in [0.3, 0.4) is 0 Å². The van der Waals surface area contributed by atoms with Gasteiger partial charge >= 0.3 is 5.97 Å². The van der Waals surface area contributed by atoms with E-state index in [0.29, 0.717) is 18.6 Å². The van der Waals surface area contributed by atoms with Crippen molar-refractivity contribution in [1.29, 1.82) is 5.26 Å². The number of rotatable bonds is 5. The summed E-state index contributed by atoms with van der Waals surface area (Å²) in [5.74, 6) is 1.27. The Morgan fingerprint density at radius 3 is 2.97 bits per heavy atom. The monoisotopic (exact) mass is 426 g/mol. The molecule has 0 saturated carbocycles. The first-order chi connectivity index (χ1) is 15.7. The average Bonchev–Trinajstić information content (AvgIpc) is 3.43. The molecular formula is C26H22N2O4. The topological polar surface area (TPSA) is 81.4 Å². The van der Waals surface area contributed by atoms with E-state index in [9.17, 15) is 10.1 Å². The van der Waals surface area contributed by atoms with Gasteiger partial charge in [0.05, 0.1) is 31.4 Å². The number of nitriles is 1. The lowest BCUT2D eigenvalue weighted by Crippen LogP contribution is -2.09. The molecule has 0 N–H and O–H groups in total. The van der Waals surface area contributed by atoms with Gasteiger partial charge in [0.2, 0.25) is 0 Å². The molecule has 160 valence electrons. The van der Waals surface area contributed by atoms with Gasteiger partial charge in [-0.25, -0.2) is 0 Å². The van der Waals surface area contributed by atoms with Crippen molar-refractivity contribution in [3.63, 3.8) is 0 Å². The normalized spacial score (nSPS) is 18.2. The van der Waals surface area contributed by atoms with E-state index in [1.165, 1.54) is 12.7 Å². The second-order valence-electron chi connectivity index (χ2n) is 8.02. The minimum Gasteiger partial charge on any atom is -0.492 e. The van der Waals surface area contributed by atoms with Crippen LogP contribution in [0.25, 0.3) is 11.3 Å². The van der Waals surface area contributed by atoms with Crippen molar-refractivity contribution in [3.05, 3.63) is 77.0 Å². The second kappa shape index (κ2) is 8.35. The van der Waals surface area contributed by atoms with E-state index in [-0.39, 0.29) is 18.0 Å². The van der Waals surface area contributed by atoms with E-state index < -0.39 is 0 Å². The molecule has 0 bridgehead atoms. The molecule has 6 heteroatoms. The Balaban J connectivity index is 1.39. The number of carbonyl (C=O) groups is 1. The van der Waals surface area contributed by atoms with E-state index >= 15 is 0 Å². The summed E-state index contributed by atoms with van der Waals surface area (Å²) < 4.78 is 16.9. The van der Waals surface area contributed by atoms with Crippen molar-refractivity contribution < 1.29 is 19.0 Å². The van der Waals surface area contributed by atoms with Gasteiger partial charge in [-0.05, 0) is 42.2 Å². The summed E-state index contributed by atoms with van der Waals surface area (Å²) in [6.07, 6.45) is 3.66. The zero-order chi connectivity index (χ0) is 22.1. The van der Waals surface area contributed by atoms with Crippen LogP contribution in [0, 0.1) is 11.3 Å². The summed E-state index contributed by atoms with van der Waals surface area (Å²) in [6, 6.07) is 17.7. The molecule has 32 heavy (non-hydrogen) atoms. The van der Waals surface area contributed by atoms with E-state index in [1.54, 1.807) is 18.3 Å². The van der Waals surface area contributed by atoms with Gasteiger partial charge in [-0.15, -0.1) is 0 Å². The fourth-order valence-electron chi connectivity index (χ4n) is 4.62. The molecule has 1 aliphatic heterocycles. The molecular weight excluding hydrogens is 404 g/mol. The zero-order valence-corrected chi connectivity index (χ0v) is 17.7. The number of hydrogen-bond acceptors (Lipinski definition) is 6. The third-order valence-electron chi connectivity index (χ3n) is 6.18. The van der Waals surface area contributed by atoms with Crippen LogP contribution in [0.4, 0.5) is 0 Å². The highest BCUT2D eigenvalue weighted by Crippen LogP contribution is 2.43. The summed E-state index contributed by atoms with van der Waals surface area (Å²) >= 11 is 0. The Labute approximate surface area is 186 Å². The molecule has 5 rings (SSSR count). The van der Waals surface area contributed by atoms with Gasteiger partial charge in [-0.3, -0.25) is 9.78 Å². The molecule has 2 atom stereocenters. The first-order valence-corrected chi connectivity index (χ1v) is 10.7. The van der Waals surface area contributed by atoms with Gasteiger partial charge in [-0.2, -0.15) is 5.26 Å². The standard InChI is InChI=1S/C26H22N2O4/c1-30-25(29)12-17-15-31-24-13-18(7-8-19(17)24)32-23-10-9-20-21(23)5-2-6-22(20)26-16(14-27)4-3-11-28-26/h2-8,11,13,17,23H,9-10,12,15H2,1H3/t17?,23-/m1/s1. The van der Waals surface area contributed by atoms with E-state index in [4.69, 9.17) is 14.2 Å². The number of pyridine rings is 1. The molecule has 1 aromatic heterocycles. The van der Waals surface area contributed by atoms with Gasteiger partial charge in [-0.1, -0.05) is 24.3 Å². The number of carbonyl (C=O) groups excluding carboxylic acids is 1. The van der Waals surface area contributed by atoms with E-state index in [2.05, 4.69) is 17.1 Å². The van der Waals surface area contributed by atoms with E-state index in [0.717, 1.165) is 46.7 Å². The van der Waals surface area contributed by atoms with Crippen LogP contribution in [-0.2, 0) is 16.0 Å². The minimum atomic E-state index is -0.238. The Hall–Kier alpha value is -3.85. The Morgan fingerprint density at radius 1 is 1.22 bits per heavy atom. The predicted molar refractivity (Wildman–Crippen MR) is 117 cm³/mol. The highest BCUT2D eigenvalue weighted by atomic mass is 16.5. The Morgan fingerprint density at radius 2 is 2.12 bits per heavy atom. The molecule has 1 unspecified atom stereocenters. The summed E-state index contributed by atoms with van der Waals surface area (Å²) in [5, 5.41) is 9.48. The first kappa shape index (κ1) is 20.1. The van der Waals surface area contributed by atoms with Gasteiger partial charge in [0, 0.05) is 29.3 Å². The summed E-state index contributed by atoms with van der Waals surface area (Å²) in [5.41, 5.74) is 5.60. The van der Waals surface area contributed by atoms with Gasteiger partial charge in [0.1, 0.15) is 23.7 Å². The third-order valence-corrected chi connectivity index (χ3v) is 6.18. The van der Waals surface area contributed by atoms with Crippen LogP contribution >= 0.6 is 0 Å². The summed E-state index contributed by atoms with van der Waals surface area (Å²) in [4.78, 5) is 16.1. The van der Waals surface area contributed by atoms with Crippen LogP contribution < -0.4 is 9.47 Å². The van der Waals surface area contributed by atoms with Crippen molar-refractivity contribution in [2.24, 2.45) is 0 Å². The lowest BCUT2D eigenvalue weighted by molar-refractivity contribution is -0.141. The SMILES string of the molecule is COC(=O)CC1COc2cc(O[C@@H]3CCc4c(-c5ncccc5C#N)cccc43)ccc21. The van der Waals surface area contributed by atoms with Gasteiger partial charge in [0.15, 0.2) is 0 Å². The highest BCUT2D eigenvalue weighted by molar-refractivity contribution is 5.72. The van der Waals surface area contributed by atoms with Crippen molar-refractivity contribution >= 4 is 5.97 Å². The highest BCUT2D eigenvalue weighted by Gasteiger charge is 2.30. The maximum Gasteiger partial charge on any atom is 0.306 e. The number of methoxy groups -OCH3 is 1. The molecule has 0 amide bonds. The van der Waals surface area contributed by atoms with Crippen molar-refractivity contribution in [3.8, 4) is 28.8 Å². The van der Waals surface area contributed by atoms with Crippen molar-refractivity contribution in [1.82, 2.24) is 4.98 Å². The van der Waals surface area contributed by atoms with Crippen LogP contribution in [-0.4, -0.2) is 24.7 Å². The third kappa shape index (κ3) is 3.56. The lowest BCUT2D eigenvalue weighted by Gasteiger charge is -2.16. The molecule has 0 spiro atoms. The van der Waals surface area contributed by atoms with Gasteiger partial charge < -0.3 is 14.2 Å². The van der Waals surface area contributed by atoms with Crippen LogP contribution in [0.2, 0.25) is 0 Å². The number of ether oxygens (including phenoxy) is 3. The maximum absolute atomic E-state index is 11.6. The minimum absolute atomic E-state index is 0.00830. The number of hydrogen-bond donors (Lipinski definition) is 0. The maximum atomic E-state index is 11.6. The molecule has 0 fully saturated rings. The van der Waals surface area contributed by atoms with Crippen molar-refractivity contribution in [2.45, 2.75) is 31.3 Å². The fraction of sp³-hybridized carbons (Fsp3) is 0.269. The molecule has 2 heterocycles. The molecule has 0 radical (unpaired) electrons. The number of benzene rings is 2. The zero-order valence-electron chi connectivity index (χ0n) is 17.7. The second-order valence-corrected chi connectivity index (χ2v) is 8.02. The molecule has 6 nitrogen and oxygen atoms in total. The summed E-state index contributed by atoms with van der Waals surface area (Å²) in [6.45, 7) is 0.467. The smallest absolute Gasteiger partial charge is 0.306 e. The number of fused-ring (bicyclic) bond motifs is 2. The largest absolute Gasteiger partial charge is 0.492 e.